The molecular formula is C19H20FNO4S. The average Bonchev–Trinajstić information content (AvgIpc) is 2.94. The summed E-state index contributed by atoms with van der Waals surface area (Å²) in [7, 11) is -3.64. The Labute approximate surface area is 152 Å². The van der Waals surface area contributed by atoms with E-state index in [-0.39, 0.29) is 16.2 Å². The monoisotopic (exact) mass is 377 g/mol. The summed E-state index contributed by atoms with van der Waals surface area (Å²) in [6, 6.07) is 10.9. The lowest BCUT2D eigenvalue weighted by molar-refractivity contribution is 0.0734. The van der Waals surface area contributed by atoms with Gasteiger partial charge in [-0.05, 0) is 55.3 Å². The van der Waals surface area contributed by atoms with Crippen molar-refractivity contribution in [1.29, 1.82) is 0 Å². The molecule has 7 heteroatoms. The highest BCUT2D eigenvalue weighted by Gasteiger charge is 2.26. The van der Waals surface area contributed by atoms with E-state index in [1.807, 2.05) is 0 Å². The van der Waals surface area contributed by atoms with Crippen LogP contribution in [-0.2, 0) is 10.0 Å². The SMILES string of the molecule is O=C(Oc1ccc(F)cc1)c1cccc(S(=O)(=O)N2CCCCCC2)c1. The molecule has 0 saturated carbocycles. The molecule has 0 radical (unpaired) electrons. The fraction of sp³-hybridized carbons (Fsp3) is 0.316. The van der Waals surface area contributed by atoms with Gasteiger partial charge in [0.2, 0.25) is 10.0 Å². The molecule has 5 nitrogen and oxygen atoms in total. The number of esters is 1. The number of benzene rings is 2. The van der Waals surface area contributed by atoms with Crippen LogP contribution in [0.1, 0.15) is 36.0 Å². The largest absolute Gasteiger partial charge is 0.423 e. The lowest BCUT2D eigenvalue weighted by atomic mass is 10.2. The van der Waals surface area contributed by atoms with Crippen molar-refractivity contribution < 1.29 is 22.3 Å². The summed E-state index contributed by atoms with van der Waals surface area (Å²) in [4.78, 5) is 12.4. The first-order chi connectivity index (χ1) is 12.5. The summed E-state index contributed by atoms with van der Waals surface area (Å²) in [5.41, 5.74) is 0.130. The van der Waals surface area contributed by atoms with E-state index in [4.69, 9.17) is 4.74 Å². The molecule has 26 heavy (non-hydrogen) atoms. The maximum atomic E-state index is 12.9. The first kappa shape index (κ1) is 18.5. The van der Waals surface area contributed by atoms with Crippen LogP contribution in [0.2, 0.25) is 0 Å². The first-order valence-corrected chi connectivity index (χ1v) is 9.99. The van der Waals surface area contributed by atoms with Gasteiger partial charge in [-0.25, -0.2) is 17.6 Å². The van der Waals surface area contributed by atoms with E-state index in [0.29, 0.717) is 13.1 Å². The highest BCUT2D eigenvalue weighted by Crippen LogP contribution is 2.22. The van der Waals surface area contributed by atoms with Crippen LogP contribution in [0, 0.1) is 5.82 Å². The Morgan fingerprint density at radius 3 is 2.27 bits per heavy atom. The van der Waals surface area contributed by atoms with Crippen LogP contribution < -0.4 is 4.74 Å². The molecule has 3 rings (SSSR count). The number of nitrogens with zero attached hydrogens (tertiary/aromatic N) is 1. The Hall–Kier alpha value is -2.25. The molecule has 1 aliphatic heterocycles. The van der Waals surface area contributed by atoms with Crippen molar-refractivity contribution >= 4 is 16.0 Å². The van der Waals surface area contributed by atoms with Gasteiger partial charge >= 0.3 is 5.97 Å². The Kier molecular flexibility index (Phi) is 5.68. The zero-order chi connectivity index (χ0) is 18.6. The molecule has 1 saturated heterocycles. The second-order valence-electron chi connectivity index (χ2n) is 6.19. The van der Waals surface area contributed by atoms with Crippen molar-refractivity contribution in [3.05, 3.63) is 59.9 Å². The fourth-order valence-electron chi connectivity index (χ4n) is 2.88. The number of sulfonamides is 1. The van der Waals surface area contributed by atoms with Gasteiger partial charge in [0.05, 0.1) is 10.5 Å². The quantitative estimate of drug-likeness (QED) is 0.603. The predicted octanol–water partition coefficient (Wildman–Crippen LogP) is 3.61. The van der Waals surface area contributed by atoms with Crippen molar-refractivity contribution in [3.63, 3.8) is 0 Å². The van der Waals surface area contributed by atoms with Crippen molar-refractivity contribution in [3.8, 4) is 5.75 Å². The normalized spacial score (nSPS) is 16.0. The molecular weight excluding hydrogens is 357 g/mol. The Balaban J connectivity index is 1.80. The first-order valence-electron chi connectivity index (χ1n) is 8.55. The molecule has 1 heterocycles. The smallest absolute Gasteiger partial charge is 0.343 e. The van der Waals surface area contributed by atoms with E-state index >= 15 is 0 Å². The molecule has 0 aliphatic carbocycles. The van der Waals surface area contributed by atoms with Gasteiger partial charge in [-0.3, -0.25) is 0 Å². The maximum absolute atomic E-state index is 12.9. The maximum Gasteiger partial charge on any atom is 0.343 e. The number of hydrogen-bond acceptors (Lipinski definition) is 4. The van der Waals surface area contributed by atoms with Crippen molar-refractivity contribution in [2.24, 2.45) is 0 Å². The van der Waals surface area contributed by atoms with Gasteiger partial charge in [0.25, 0.3) is 0 Å². The summed E-state index contributed by atoms with van der Waals surface area (Å²) in [6.07, 6.45) is 3.73. The minimum atomic E-state index is -3.64. The average molecular weight is 377 g/mol. The highest BCUT2D eigenvalue weighted by molar-refractivity contribution is 7.89. The van der Waals surface area contributed by atoms with Crippen LogP contribution in [0.15, 0.2) is 53.4 Å². The Morgan fingerprint density at radius 1 is 0.962 bits per heavy atom. The number of halogens is 1. The van der Waals surface area contributed by atoms with Gasteiger partial charge in [0, 0.05) is 13.1 Å². The lowest BCUT2D eigenvalue weighted by Crippen LogP contribution is -2.32. The number of carbonyl (C=O) groups is 1. The van der Waals surface area contributed by atoms with E-state index in [1.54, 1.807) is 0 Å². The van der Waals surface area contributed by atoms with E-state index in [0.717, 1.165) is 25.7 Å². The van der Waals surface area contributed by atoms with E-state index < -0.39 is 21.8 Å². The van der Waals surface area contributed by atoms with Crippen LogP contribution in [0.5, 0.6) is 5.75 Å². The van der Waals surface area contributed by atoms with Gasteiger partial charge in [-0.1, -0.05) is 18.9 Å². The molecule has 0 bridgehead atoms. The van der Waals surface area contributed by atoms with Gasteiger partial charge in [-0.15, -0.1) is 0 Å². The standard InChI is InChI=1S/C19H20FNO4S/c20-16-8-10-17(11-9-16)25-19(22)15-6-5-7-18(14-15)26(23,24)21-12-3-1-2-4-13-21/h5-11,14H,1-4,12-13H2. The summed E-state index contributed by atoms with van der Waals surface area (Å²) >= 11 is 0. The Morgan fingerprint density at radius 2 is 1.62 bits per heavy atom. The third-order valence-corrected chi connectivity index (χ3v) is 6.19. The summed E-state index contributed by atoms with van der Waals surface area (Å²) < 4.78 is 45.3. The molecule has 0 atom stereocenters. The minimum absolute atomic E-state index is 0.0768. The lowest BCUT2D eigenvalue weighted by Gasteiger charge is -2.20. The van der Waals surface area contributed by atoms with E-state index in [1.165, 1.54) is 52.8 Å². The van der Waals surface area contributed by atoms with Crippen LogP contribution >= 0.6 is 0 Å². The molecule has 2 aromatic rings. The molecule has 0 unspecified atom stereocenters. The van der Waals surface area contributed by atoms with Gasteiger partial charge < -0.3 is 4.74 Å². The second-order valence-corrected chi connectivity index (χ2v) is 8.13. The molecule has 0 N–H and O–H groups in total. The van der Waals surface area contributed by atoms with Gasteiger partial charge in [0.1, 0.15) is 11.6 Å². The second kappa shape index (κ2) is 7.97. The van der Waals surface area contributed by atoms with E-state index in [9.17, 15) is 17.6 Å². The summed E-state index contributed by atoms with van der Waals surface area (Å²) in [5.74, 6) is -0.933. The predicted molar refractivity (Wildman–Crippen MR) is 95.0 cm³/mol. The molecule has 2 aromatic carbocycles. The molecule has 0 spiro atoms. The Bertz CT molecular complexity index is 873. The van der Waals surface area contributed by atoms with Crippen molar-refractivity contribution in [1.82, 2.24) is 4.31 Å². The van der Waals surface area contributed by atoms with Crippen LogP contribution in [0.4, 0.5) is 4.39 Å². The number of ether oxygens (including phenoxy) is 1. The zero-order valence-electron chi connectivity index (χ0n) is 14.2. The third kappa shape index (κ3) is 4.28. The number of carbonyl (C=O) groups excluding carboxylic acids is 1. The molecule has 0 amide bonds. The van der Waals surface area contributed by atoms with Gasteiger partial charge in [0.15, 0.2) is 0 Å². The van der Waals surface area contributed by atoms with Crippen LogP contribution in [0.3, 0.4) is 0 Å². The topological polar surface area (TPSA) is 63.7 Å². The van der Waals surface area contributed by atoms with Crippen LogP contribution in [-0.4, -0.2) is 31.8 Å². The molecule has 138 valence electrons. The summed E-state index contributed by atoms with van der Waals surface area (Å²) in [5, 5.41) is 0. The third-order valence-electron chi connectivity index (χ3n) is 4.30. The molecule has 0 aromatic heterocycles. The number of hydrogen-bond donors (Lipinski definition) is 0. The zero-order valence-corrected chi connectivity index (χ0v) is 15.0. The van der Waals surface area contributed by atoms with Crippen molar-refractivity contribution in [2.45, 2.75) is 30.6 Å². The summed E-state index contributed by atoms with van der Waals surface area (Å²) in [6.45, 7) is 0.985. The van der Waals surface area contributed by atoms with Gasteiger partial charge in [-0.2, -0.15) is 4.31 Å². The highest BCUT2D eigenvalue weighted by atomic mass is 32.2. The minimum Gasteiger partial charge on any atom is -0.423 e. The van der Waals surface area contributed by atoms with Crippen molar-refractivity contribution in [2.75, 3.05) is 13.1 Å². The van der Waals surface area contributed by atoms with E-state index in [2.05, 4.69) is 0 Å². The molecule has 1 aliphatic rings. The van der Waals surface area contributed by atoms with Crippen LogP contribution in [0.25, 0.3) is 0 Å². The number of rotatable bonds is 4. The molecule has 1 fully saturated rings. The fourth-order valence-corrected chi connectivity index (χ4v) is 4.45.